The van der Waals surface area contributed by atoms with Gasteiger partial charge in [-0.2, -0.15) is 4.98 Å². The van der Waals surface area contributed by atoms with Gasteiger partial charge in [-0.05, 0) is 70.8 Å². The topological polar surface area (TPSA) is 127 Å². The summed E-state index contributed by atoms with van der Waals surface area (Å²) in [6.07, 6.45) is -1.02. The molecule has 5 rings (SSSR count). The van der Waals surface area contributed by atoms with E-state index in [1.807, 2.05) is 97.1 Å². The Balaban J connectivity index is 1.10. The van der Waals surface area contributed by atoms with Crippen LogP contribution in [0.5, 0.6) is 34.8 Å². The molecule has 0 aliphatic rings. The van der Waals surface area contributed by atoms with E-state index < -0.39 is 12.2 Å². The van der Waals surface area contributed by atoms with Crippen LogP contribution in [-0.2, 0) is 35.7 Å². The van der Waals surface area contributed by atoms with Crippen molar-refractivity contribution in [3.63, 3.8) is 0 Å². The molecule has 0 unspecified atom stereocenters. The zero-order valence-electron chi connectivity index (χ0n) is 32.1. The number of nitrogens with zero attached hydrogens (tertiary/aromatic N) is 3. The molecule has 0 spiro atoms. The minimum absolute atomic E-state index is 0.0176. The molecule has 0 bridgehead atoms. The van der Waals surface area contributed by atoms with Crippen molar-refractivity contribution in [3.05, 3.63) is 138 Å². The lowest BCUT2D eigenvalue weighted by atomic mass is 10.1. The van der Waals surface area contributed by atoms with Crippen LogP contribution in [0.15, 0.2) is 115 Å². The Kier molecular flexibility index (Phi) is 15.4. The van der Waals surface area contributed by atoms with E-state index in [2.05, 4.69) is 4.98 Å². The fourth-order valence-electron chi connectivity index (χ4n) is 5.62. The molecular formula is C43H47N3O10. The van der Waals surface area contributed by atoms with E-state index in [-0.39, 0.29) is 38.2 Å². The Morgan fingerprint density at radius 2 is 0.750 bits per heavy atom. The number of carbonyl (C=O) groups excluding carboxylic acids is 2. The third kappa shape index (κ3) is 12.8. The van der Waals surface area contributed by atoms with Gasteiger partial charge in [-0.15, -0.1) is 0 Å². The van der Waals surface area contributed by atoms with Crippen LogP contribution in [0.2, 0.25) is 0 Å². The van der Waals surface area contributed by atoms with E-state index in [9.17, 15) is 9.59 Å². The van der Waals surface area contributed by atoms with Gasteiger partial charge in [-0.25, -0.2) is 9.59 Å². The maximum Gasteiger partial charge on any atom is 0.410 e. The largest absolute Gasteiger partial charge is 0.497 e. The highest BCUT2D eigenvalue weighted by Gasteiger charge is 2.19. The summed E-state index contributed by atoms with van der Waals surface area (Å²) in [5, 5.41) is 0. The van der Waals surface area contributed by atoms with E-state index in [0.29, 0.717) is 49.2 Å². The predicted octanol–water partition coefficient (Wildman–Crippen LogP) is 7.55. The van der Waals surface area contributed by atoms with E-state index >= 15 is 0 Å². The number of carbonyl (C=O) groups is 2. The zero-order valence-corrected chi connectivity index (χ0v) is 32.1. The average molecular weight is 766 g/mol. The Labute approximate surface area is 327 Å². The van der Waals surface area contributed by atoms with Gasteiger partial charge in [0, 0.05) is 38.3 Å². The van der Waals surface area contributed by atoms with E-state index in [1.165, 1.54) is 0 Å². The molecular weight excluding hydrogens is 718 g/mol. The summed E-state index contributed by atoms with van der Waals surface area (Å²) >= 11 is 0. The lowest BCUT2D eigenvalue weighted by Gasteiger charge is -2.23. The number of methoxy groups -OCH3 is 4. The van der Waals surface area contributed by atoms with Crippen molar-refractivity contribution >= 4 is 12.2 Å². The molecule has 1 heterocycles. The van der Waals surface area contributed by atoms with Gasteiger partial charge in [-0.3, -0.25) is 9.80 Å². The second kappa shape index (κ2) is 21.3. The summed E-state index contributed by atoms with van der Waals surface area (Å²) in [5.41, 5.74) is 3.54. The number of benzene rings is 4. The molecule has 13 heteroatoms. The Morgan fingerprint density at radius 3 is 1.05 bits per heavy atom. The van der Waals surface area contributed by atoms with Crippen molar-refractivity contribution in [3.8, 4) is 34.8 Å². The first-order valence-electron chi connectivity index (χ1n) is 17.9. The molecule has 0 fully saturated rings. The Hall–Kier alpha value is -6.63. The molecule has 0 N–H and O–H groups in total. The van der Waals surface area contributed by atoms with Crippen LogP contribution >= 0.6 is 0 Å². The fourth-order valence-corrected chi connectivity index (χ4v) is 5.62. The lowest BCUT2D eigenvalue weighted by Crippen LogP contribution is -2.31. The average Bonchev–Trinajstić information content (AvgIpc) is 3.23. The quantitative estimate of drug-likeness (QED) is 0.0729. The molecule has 0 aliphatic carbocycles. The molecule has 294 valence electrons. The first kappa shape index (κ1) is 40.6. The monoisotopic (exact) mass is 765 g/mol. The predicted molar refractivity (Wildman–Crippen MR) is 208 cm³/mol. The van der Waals surface area contributed by atoms with Crippen LogP contribution in [-0.4, -0.2) is 81.8 Å². The van der Waals surface area contributed by atoms with Crippen LogP contribution in [0.3, 0.4) is 0 Å². The number of amides is 2. The van der Waals surface area contributed by atoms with E-state index in [4.69, 9.17) is 37.9 Å². The smallest absolute Gasteiger partial charge is 0.410 e. The SMILES string of the molecule is COc1cccc(CN(Cc2cccc(OC)c2)C(=O)OCCOc2cccc(OCCOC(=O)N(Cc3cccc(OC)c3)Cc3cccc(OC)c3)n2)c1. The highest BCUT2D eigenvalue weighted by atomic mass is 16.6. The molecule has 56 heavy (non-hydrogen) atoms. The Bertz CT molecular complexity index is 1770. The van der Waals surface area contributed by atoms with Gasteiger partial charge >= 0.3 is 12.2 Å². The molecule has 0 aliphatic heterocycles. The van der Waals surface area contributed by atoms with E-state index in [0.717, 1.165) is 22.3 Å². The van der Waals surface area contributed by atoms with Gasteiger partial charge < -0.3 is 37.9 Å². The fraction of sp³-hybridized carbons (Fsp3) is 0.279. The van der Waals surface area contributed by atoms with Gasteiger partial charge in [0.2, 0.25) is 11.8 Å². The maximum absolute atomic E-state index is 13.3. The first-order chi connectivity index (χ1) is 27.3. The summed E-state index contributed by atoms with van der Waals surface area (Å²) in [6.45, 7) is 1.27. The number of rotatable bonds is 20. The summed E-state index contributed by atoms with van der Waals surface area (Å²) in [7, 11) is 6.39. The highest BCUT2D eigenvalue weighted by Crippen LogP contribution is 2.21. The van der Waals surface area contributed by atoms with E-state index in [1.54, 1.807) is 56.4 Å². The molecule has 0 radical (unpaired) electrons. The van der Waals surface area contributed by atoms with Gasteiger partial charge in [-0.1, -0.05) is 54.6 Å². The van der Waals surface area contributed by atoms with Crippen molar-refractivity contribution in [1.29, 1.82) is 0 Å². The molecule has 0 saturated carbocycles. The molecule has 0 saturated heterocycles. The van der Waals surface area contributed by atoms with Crippen LogP contribution in [0.4, 0.5) is 9.59 Å². The number of aromatic nitrogens is 1. The summed E-state index contributed by atoms with van der Waals surface area (Å²) in [5.74, 6) is 3.33. The molecule has 13 nitrogen and oxygen atoms in total. The standard InChI is InChI=1S/C43H47N3O10/c1-49-36-14-5-10-32(24-36)28-45(29-33-11-6-15-37(25-33)50-2)42(47)55-22-20-53-40-18-9-19-41(44-40)54-21-23-56-43(48)46(30-34-12-7-16-38(26-34)51-3)31-35-13-8-17-39(27-35)52-4/h5-19,24-27H,20-23,28-31H2,1-4H3. The van der Waals surface area contributed by atoms with Crippen molar-refractivity contribution in [1.82, 2.24) is 14.8 Å². The molecule has 2 amide bonds. The molecule has 5 aromatic rings. The lowest BCUT2D eigenvalue weighted by molar-refractivity contribution is 0.0813. The highest BCUT2D eigenvalue weighted by molar-refractivity contribution is 5.68. The number of hydrogen-bond acceptors (Lipinski definition) is 11. The van der Waals surface area contributed by atoms with Gasteiger partial charge in [0.15, 0.2) is 0 Å². The maximum atomic E-state index is 13.3. The van der Waals surface area contributed by atoms with Crippen LogP contribution < -0.4 is 28.4 Å². The minimum Gasteiger partial charge on any atom is -0.497 e. The van der Waals surface area contributed by atoms with Crippen molar-refractivity contribution in [2.24, 2.45) is 0 Å². The summed E-state index contributed by atoms with van der Waals surface area (Å²) < 4.78 is 44.2. The number of pyridine rings is 1. The summed E-state index contributed by atoms with van der Waals surface area (Å²) in [4.78, 5) is 34.2. The third-order valence-corrected chi connectivity index (χ3v) is 8.36. The second-order valence-electron chi connectivity index (χ2n) is 12.4. The van der Waals surface area contributed by atoms with Crippen molar-refractivity contribution in [2.75, 3.05) is 54.9 Å². The molecule has 1 aromatic heterocycles. The number of ether oxygens (including phenoxy) is 8. The van der Waals surface area contributed by atoms with Gasteiger partial charge in [0.25, 0.3) is 0 Å². The second-order valence-corrected chi connectivity index (χ2v) is 12.4. The normalized spacial score (nSPS) is 10.5. The molecule has 0 atom stereocenters. The zero-order chi connectivity index (χ0) is 39.5. The first-order valence-corrected chi connectivity index (χ1v) is 17.9. The molecule has 4 aromatic carbocycles. The minimum atomic E-state index is -0.510. The number of hydrogen-bond donors (Lipinski definition) is 0. The van der Waals surface area contributed by atoms with Crippen LogP contribution in [0.1, 0.15) is 22.3 Å². The van der Waals surface area contributed by atoms with Crippen LogP contribution in [0, 0.1) is 0 Å². The Morgan fingerprint density at radius 1 is 0.446 bits per heavy atom. The van der Waals surface area contributed by atoms with Crippen molar-refractivity contribution in [2.45, 2.75) is 26.2 Å². The van der Waals surface area contributed by atoms with Gasteiger partial charge in [0.05, 0.1) is 28.4 Å². The van der Waals surface area contributed by atoms with Crippen molar-refractivity contribution < 1.29 is 47.5 Å². The van der Waals surface area contributed by atoms with Crippen LogP contribution in [0.25, 0.3) is 0 Å². The summed E-state index contributed by atoms with van der Waals surface area (Å²) in [6, 6.07) is 35.1. The van der Waals surface area contributed by atoms with Gasteiger partial charge in [0.1, 0.15) is 49.4 Å². The third-order valence-electron chi connectivity index (χ3n) is 8.36.